The van der Waals surface area contributed by atoms with Gasteiger partial charge in [0.1, 0.15) is 17.6 Å². The van der Waals surface area contributed by atoms with Crippen LogP contribution in [0.5, 0.6) is 5.75 Å². The molecule has 1 aromatic carbocycles. The average molecular weight is 211 g/mol. The highest BCUT2D eigenvalue weighted by Crippen LogP contribution is 2.23. The Morgan fingerprint density at radius 2 is 2.00 bits per heavy atom. The van der Waals surface area contributed by atoms with Crippen molar-refractivity contribution < 1.29 is 9.53 Å². The van der Waals surface area contributed by atoms with E-state index in [4.69, 9.17) is 16.3 Å². The van der Waals surface area contributed by atoms with Crippen LogP contribution < -0.4 is 4.74 Å². The van der Waals surface area contributed by atoms with Crippen LogP contribution in [0, 0.1) is 0 Å². The lowest BCUT2D eigenvalue weighted by atomic mass is 10.3. The monoisotopic (exact) mass is 210 g/mol. The molecule has 1 saturated carbocycles. The maximum atomic E-state index is 11.0. The Bertz CT molecular complexity index is 332. The summed E-state index contributed by atoms with van der Waals surface area (Å²) in [5.41, 5.74) is 0. The van der Waals surface area contributed by atoms with E-state index in [1.807, 2.05) is 12.1 Å². The molecule has 1 atom stereocenters. The van der Waals surface area contributed by atoms with Crippen LogP contribution in [0.3, 0.4) is 0 Å². The standard InChI is InChI=1S/C11H11ClO2/c12-8-1-4-10(5-2-8)14-11-6-3-9(13)7-11/h1-2,4-5,11H,3,6-7H2. The van der Waals surface area contributed by atoms with Crippen LogP contribution in [0.4, 0.5) is 0 Å². The molecular formula is C11H11ClO2. The summed E-state index contributed by atoms with van der Waals surface area (Å²) in [4.78, 5) is 11.0. The van der Waals surface area contributed by atoms with Gasteiger partial charge in [-0.15, -0.1) is 0 Å². The molecule has 1 aromatic rings. The van der Waals surface area contributed by atoms with Gasteiger partial charge in [0.25, 0.3) is 0 Å². The Morgan fingerprint density at radius 1 is 1.29 bits per heavy atom. The van der Waals surface area contributed by atoms with Crippen LogP contribution in [0.2, 0.25) is 5.02 Å². The van der Waals surface area contributed by atoms with Crippen molar-refractivity contribution in [3.8, 4) is 5.75 Å². The SMILES string of the molecule is O=C1CCC(Oc2ccc(Cl)cc2)C1. The van der Waals surface area contributed by atoms with Crippen molar-refractivity contribution in [2.75, 3.05) is 0 Å². The number of carbonyl (C=O) groups is 1. The summed E-state index contributed by atoms with van der Waals surface area (Å²) < 4.78 is 5.62. The maximum absolute atomic E-state index is 11.0. The van der Waals surface area contributed by atoms with Crippen LogP contribution in [0.25, 0.3) is 0 Å². The topological polar surface area (TPSA) is 26.3 Å². The van der Waals surface area contributed by atoms with Gasteiger partial charge in [-0.1, -0.05) is 11.6 Å². The molecule has 2 nitrogen and oxygen atoms in total. The molecule has 0 N–H and O–H groups in total. The number of ether oxygens (including phenoxy) is 1. The van der Waals surface area contributed by atoms with Gasteiger partial charge in [-0.3, -0.25) is 4.79 Å². The molecule has 2 rings (SSSR count). The summed E-state index contributed by atoms with van der Waals surface area (Å²) in [5.74, 6) is 1.08. The maximum Gasteiger partial charge on any atom is 0.136 e. The molecule has 74 valence electrons. The minimum atomic E-state index is 0.0590. The summed E-state index contributed by atoms with van der Waals surface area (Å²) >= 11 is 5.74. The van der Waals surface area contributed by atoms with Crippen molar-refractivity contribution in [3.05, 3.63) is 29.3 Å². The van der Waals surface area contributed by atoms with Gasteiger partial charge < -0.3 is 4.74 Å². The minimum Gasteiger partial charge on any atom is -0.490 e. The second-order valence-electron chi connectivity index (χ2n) is 3.48. The first kappa shape index (κ1) is 9.53. The Labute approximate surface area is 87.8 Å². The molecule has 0 saturated heterocycles. The molecule has 0 aromatic heterocycles. The van der Waals surface area contributed by atoms with E-state index < -0.39 is 0 Å². The van der Waals surface area contributed by atoms with Gasteiger partial charge in [0.05, 0.1) is 0 Å². The Balaban J connectivity index is 1.97. The van der Waals surface area contributed by atoms with Gasteiger partial charge in [0.15, 0.2) is 0 Å². The van der Waals surface area contributed by atoms with Crippen LogP contribution >= 0.6 is 11.6 Å². The van der Waals surface area contributed by atoms with Gasteiger partial charge in [-0.25, -0.2) is 0 Å². The highest BCUT2D eigenvalue weighted by atomic mass is 35.5. The van der Waals surface area contributed by atoms with Crippen molar-refractivity contribution >= 4 is 17.4 Å². The molecular weight excluding hydrogens is 200 g/mol. The molecule has 0 heterocycles. The predicted octanol–water partition coefficient (Wildman–Crippen LogP) is 2.84. The van der Waals surface area contributed by atoms with E-state index in [0.29, 0.717) is 23.6 Å². The van der Waals surface area contributed by atoms with E-state index in [0.717, 1.165) is 12.2 Å². The largest absolute Gasteiger partial charge is 0.490 e. The quantitative estimate of drug-likeness (QED) is 0.751. The molecule has 1 unspecified atom stereocenters. The van der Waals surface area contributed by atoms with Crippen molar-refractivity contribution in [1.29, 1.82) is 0 Å². The molecule has 1 fully saturated rings. The van der Waals surface area contributed by atoms with E-state index in [9.17, 15) is 4.79 Å². The smallest absolute Gasteiger partial charge is 0.136 e. The molecule has 1 aliphatic carbocycles. The second kappa shape index (κ2) is 4.01. The van der Waals surface area contributed by atoms with Crippen LogP contribution in [0.15, 0.2) is 24.3 Å². The average Bonchev–Trinajstić information content (AvgIpc) is 2.56. The minimum absolute atomic E-state index is 0.0590. The lowest BCUT2D eigenvalue weighted by Crippen LogP contribution is -2.11. The predicted molar refractivity (Wildman–Crippen MR) is 54.7 cm³/mol. The van der Waals surface area contributed by atoms with Gasteiger partial charge in [-0.2, -0.15) is 0 Å². The molecule has 0 spiro atoms. The number of halogens is 1. The van der Waals surface area contributed by atoms with Crippen LogP contribution in [-0.4, -0.2) is 11.9 Å². The Hall–Kier alpha value is -1.02. The Kier molecular flexibility index (Phi) is 2.73. The third-order valence-corrected chi connectivity index (χ3v) is 2.57. The number of Topliss-reactive ketones (excluding diaryl/α,β-unsaturated/α-hetero) is 1. The van der Waals surface area contributed by atoms with E-state index in [-0.39, 0.29) is 6.10 Å². The van der Waals surface area contributed by atoms with Gasteiger partial charge in [0, 0.05) is 17.9 Å². The number of carbonyl (C=O) groups excluding carboxylic acids is 1. The third kappa shape index (κ3) is 2.26. The summed E-state index contributed by atoms with van der Waals surface area (Å²) in [7, 11) is 0. The van der Waals surface area contributed by atoms with Crippen LogP contribution in [-0.2, 0) is 4.79 Å². The fourth-order valence-corrected chi connectivity index (χ4v) is 1.71. The van der Waals surface area contributed by atoms with Crippen LogP contribution in [0.1, 0.15) is 19.3 Å². The number of hydrogen-bond acceptors (Lipinski definition) is 2. The number of ketones is 1. The third-order valence-electron chi connectivity index (χ3n) is 2.32. The molecule has 0 radical (unpaired) electrons. The van der Waals surface area contributed by atoms with Crippen molar-refractivity contribution in [3.63, 3.8) is 0 Å². The van der Waals surface area contributed by atoms with E-state index >= 15 is 0 Å². The summed E-state index contributed by atoms with van der Waals surface area (Å²) in [5, 5.41) is 0.694. The van der Waals surface area contributed by atoms with E-state index in [1.165, 1.54) is 0 Å². The zero-order valence-electron chi connectivity index (χ0n) is 7.70. The van der Waals surface area contributed by atoms with Gasteiger partial charge in [0.2, 0.25) is 0 Å². The fourth-order valence-electron chi connectivity index (χ4n) is 1.59. The number of hydrogen-bond donors (Lipinski definition) is 0. The van der Waals surface area contributed by atoms with Crippen molar-refractivity contribution in [2.24, 2.45) is 0 Å². The number of rotatable bonds is 2. The molecule has 1 aliphatic rings. The van der Waals surface area contributed by atoms with E-state index in [1.54, 1.807) is 12.1 Å². The summed E-state index contributed by atoms with van der Waals surface area (Å²) in [6, 6.07) is 7.22. The fraction of sp³-hybridized carbons (Fsp3) is 0.364. The van der Waals surface area contributed by atoms with Gasteiger partial charge in [-0.05, 0) is 30.7 Å². The van der Waals surface area contributed by atoms with E-state index in [2.05, 4.69) is 0 Å². The van der Waals surface area contributed by atoms with Crippen molar-refractivity contribution in [2.45, 2.75) is 25.4 Å². The first-order chi connectivity index (χ1) is 6.74. The second-order valence-corrected chi connectivity index (χ2v) is 3.91. The molecule has 14 heavy (non-hydrogen) atoms. The highest BCUT2D eigenvalue weighted by Gasteiger charge is 2.23. The molecule has 3 heteroatoms. The Morgan fingerprint density at radius 3 is 2.57 bits per heavy atom. The highest BCUT2D eigenvalue weighted by molar-refractivity contribution is 6.30. The number of benzene rings is 1. The molecule has 0 amide bonds. The summed E-state index contributed by atoms with van der Waals surface area (Å²) in [6.45, 7) is 0. The zero-order chi connectivity index (χ0) is 9.97. The van der Waals surface area contributed by atoms with Crippen molar-refractivity contribution in [1.82, 2.24) is 0 Å². The first-order valence-electron chi connectivity index (χ1n) is 4.68. The van der Waals surface area contributed by atoms with Gasteiger partial charge >= 0.3 is 0 Å². The first-order valence-corrected chi connectivity index (χ1v) is 5.06. The normalized spacial score (nSPS) is 21.2. The lowest BCUT2D eigenvalue weighted by Gasteiger charge is -2.11. The lowest BCUT2D eigenvalue weighted by molar-refractivity contribution is -0.117. The summed E-state index contributed by atoms with van der Waals surface area (Å²) in [6.07, 6.45) is 2.09. The molecule has 0 aliphatic heterocycles. The zero-order valence-corrected chi connectivity index (χ0v) is 8.46. The molecule has 0 bridgehead atoms.